The van der Waals surface area contributed by atoms with Gasteiger partial charge in [0, 0.05) is 6.04 Å². The van der Waals surface area contributed by atoms with Crippen molar-refractivity contribution in [2.45, 2.75) is 17.4 Å². The summed E-state index contributed by atoms with van der Waals surface area (Å²) in [7, 11) is -4.33. The molecule has 0 bridgehead atoms. The molecular weight excluding hydrogens is 294 g/mol. The highest BCUT2D eigenvalue weighted by atomic mass is 32.2. The molecule has 1 aliphatic heterocycles. The van der Waals surface area contributed by atoms with Gasteiger partial charge in [0.05, 0.1) is 16.4 Å². The number of fused-ring (bicyclic) bond motifs is 1. The molecule has 1 saturated heterocycles. The monoisotopic (exact) mass is 309 g/mol. The van der Waals surface area contributed by atoms with Gasteiger partial charge in [0.1, 0.15) is 11.0 Å². The van der Waals surface area contributed by atoms with E-state index in [2.05, 4.69) is 4.72 Å². The summed E-state index contributed by atoms with van der Waals surface area (Å²) in [5, 5.41) is 2.12. The van der Waals surface area contributed by atoms with Crippen LogP contribution in [0.5, 0.6) is 0 Å². The van der Waals surface area contributed by atoms with Gasteiger partial charge in [0.25, 0.3) is 0 Å². The lowest BCUT2D eigenvalue weighted by molar-refractivity contribution is 0.600. The second kappa shape index (κ2) is 5.27. The Hall–Kier alpha value is -1.24. The molecule has 0 unspecified atom stereocenters. The van der Waals surface area contributed by atoms with Gasteiger partial charge in [0.2, 0.25) is 0 Å². The van der Waals surface area contributed by atoms with E-state index in [1.165, 1.54) is 0 Å². The first kappa shape index (κ1) is 13.7. The van der Waals surface area contributed by atoms with Crippen LogP contribution in [0.15, 0.2) is 47.4 Å². The fourth-order valence-electron chi connectivity index (χ4n) is 2.39. The molecule has 1 fully saturated rings. The molecule has 2 aromatic rings. The van der Waals surface area contributed by atoms with Crippen LogP contribution < -0.4 is 4.72 Å². The molecule has 1 heterocycles. The van der Waals surface area contributed by atoms with Crippen LogP contribution in [0.1, 0.15) is 6.42 Å². The van der Waals surface area contributed by atoms with E-state index in [0.717, 1.165) is 10.8 Å². The first-order valence-electron chi connectivity index (χ1n) is 6.41. The van der Waals surface area contributed by atoms with Crippen molar-refractivity contribution in [3.05, 3.63) is 42.5 Å². The number of benzene rings is 2. The number of hydrogen-bond acceptors (Lipinski definition) is 3. The highest BCUT2D eigenvalue weighted by Crippen LogP contribution is 2.19. The second-order valence-corrected chi connectivity index (χ2v) is 8.47. The maximum Gasteiger partial charge on any atom is 0.151 e. The fourth-order valence-corrected chi connectivity index (χ4v) is 5.23. The third-order valence-electron chi connectivity index (χ3n) is 3.44. The maximum atomic E-state index is 12.3. The summed E-state index contributed by atoms with van der Waals surface area (Å²) in [5.41, 5.74) is 0. The Labute approximate surface area is 120 Å². The molecule has 1 aliphatic rings. The van der Waals surface area contributed by atoms with Crippen LogP contribution in [-0.4, -0.2) is 30.2 Å². The minimum absolute atomic E-state index is 0.0757. The number of hydrogen-bond donors (Lipinski definition) is 1. The van der Waals surface area contributed by atoms with Gasteiger partial charge in [-0.15, -0.1) is 0 Å². The summed E-state index contributed by atoms with van der Waals surface area (Å²) in [6, 6.07) is 13.3. The van der Waals surface area contributed by atoms with Crippen molar-refractivity contribution in [1.29, 1.82) is 0 Å². The highest BCUT2D eigenvalue weighted by Gasteiger charge is 2.29. The summed E-state index contributed by atoms with van der Waals surface area (Å²) in [5.74, 6) is 0.256. The average molecular weight is 309 g/mol. The molecular formula is C14H15NO3S2. The van der Waals surface area contributed by atoms with Crippen LogP contribution in [0.25, 0.3) is 10.8 Å². The first-order valence-corrected chi connectivity index (χ1v) is 9.38. The Morgan fingerprint density at radius 3 is 2.55 bits per heavy atom. The molecule has 0 spiro atoms. The van der Waals surface area contributed by atoms with E-state index in [9.17, 15) is 12.6 Å². The quantitative estimate of drug-likeness (QED) is 0.937. The normalized spacial score (nSPS) is 22.9. The molecule has 0 aliphatic carbocycles. The lowest BCUT2D eigenvalue weighted by atomic mass is 10.1. The van der Waals surface area contributed by atoms with Gasteiger partial charge in [-0.05, 0) is 29.3 Å². The van der Waals surface area contributed by atoms with Gasteiger partial charge in [-0.25, -0.2) is 17.3 Å². The lowest BCUT2D eigenvalue weighted by Gasteiger charge is -2.10. The van der Waals surface area contributed by atoms with E-state index in [1.807, 2.05) is 42.5 Å². The van der Waals surface area contributed by atoms with E-state index < -0.39 is 20.8 Å². The molecule has 106 valence electrons. The zero-order valence-corrected chi connectivity index (χ0v) is 12.4. The van der Waals surface area contributed by atoms with Gasteiger partial charge in [-0.2, -0.15) is 0 Å². The van der Waals surface area contributed by atoms with Crippen LogP contribution in [0.4, 0.5) is 0 Å². The zero-order chi connectivity index (χ0) is 14.2. The van der Waals surface area contributed by atoms with Crippen molar-refractivity contribution in [2.75, 3.05) is 11.5 Å². The van der Waals surface area contributed by atoms with E-state index in [4.69, 9.17) is 0 Å². The van der Waals surface area contributed by atoms with Gasteiger partial charge in [0.15, 0.2) is 9.84 Å². The Bertz CT molecular complexity index is 771. The minimum atomic E-state index is -2.95. The molecule has 0 amide bonds. The van der Waals surface area contributed by atoms with E-state index >= 15 is 0 Å². The smallest absolute Gasteiger partial charge is 0.151 e. The van der Waals surface area contributed by atoms with Gasteiger partial charge >= 0.3 is 0 Å². The topological polar surface area (TPSA) is 63.2 Å². The zero-order valence-electron chi connectivity index (χ0n) is 10.8. The van der Waals surface area contributed by atoms with Crippen molar-refractivity contribution in [1.82, 2.24) is 4.72 Å². The fraction of sp³-hybridized carbons (Fsp3) is 0.286. The van der Waals surface area contributed by atoms with Crippen molar-refractivity contribution in [3.8, 4) is 0 Å². The Morgan fingerprint density at radius 2 is 1.85 bits per heavy atom. The molecule has 4 nitrogen and oxygen atoms in total. The molecule has 1 N–H and O–H groups in total. The van der Waals surface area contributed by atoms with Crippen LogP contribution >= 0.6 is 0 Å². The molecule has 20 heavy (non-hydrogen) atoms. The van der Waals surface area contributed by atoms with E-state index in [0.29, 0.717) is 11.3 Å². The third-order valence-corrected chi connectivity index (χ3v) is 6.44. The van der Waals surface area contributed by atoms with Crippen LogP contribution in [0.2, 0.25) is 0 Å². The predicted octanol–water partition coefficient (Wildman–Crippen LogP) is 1.64. The van der Waals surface area contributed by atoms with Crippen LogP contribution in [0.3, 0.4) is 0 Å². The van der Waals surface area contributed by atoms with E-state index in [-0.39, 0.29) is 17.5 Å². The molecule has 0 saturated carbocycles. The van der Waals surface area contributed by atoms with Gasteiger partial charge < -0.3 is 0 Å². The molecule has 2 atom stereocenters. The standard InChI is InChI=1S/C14H15NO3S2/c16-19(15-13-7-8-20(17,18)10-13)14-6-5-11-3-1-2-4-12(11)9-14/h1-6,9,13,15H,7-8,10H2/t13-,19+/m0/s1. The molecule has 2 aromatic carbocycles. The van der Waals surface area contributed by atoms with E-state index in [1.54, 1.807) is 0 Å². The predicted molar refractivity (Wildman–Crippen MR) is 80.6 cm³/mol. The Balaban J connectivity index is 1.79. The Kier molecular flexibility index (Phi) is 3.62. The van der Waals surface area contributed by atoms with Crippen molar-refractivity contribution < 1.29 is 12.6 Å². The number of nitrogens with one attached hydrogen (secondary N) is 1. The summed E-state index contributed by atoms with van der Waals surface area (Å²) in [6.07, 6.45) is 0.529. The summed E-state index contributed by atoms with van der Waals surface area (Å²) in [6.45, 7) is 0. The van der Waals surface area contributed by atoms with Crippen LogP contribution in [-0.2, 0) is 20.8 Å². The summed E-state index contributed by atoms with van der Waals surface area (Å²) < 4.78 is 38.0. The minimum Gasteiger partial charge on any atom is -0.237 e. The maximum absolute atomic E-state index is 12.3. The van der Waals surface area contributed by atoms with Crippen LogP contribution in [0, 0.1) is 0 Å². The second-order valence-electron chi connectivity index (χ2n) is 5.00. The first-order chi connectivity index (χ1) is 9.53. The molecule has 0 radical (unpaired) electrons. The third kappa shape index (κ3) is 2.92. The largest absolute Gasteiger partial charge is 0.237 e. The van der Waals surface area contributed by atoms with Crippen molar-refractivity contribution in [3.63, 3.8) is 0 Å². The highest BCUT2D eigenvalue weighted by molar-refractivity contribution is 7.91. The van der Waals surface area contributed by atoms with Gasteiger partial charge in [-0.3, -0.25) is 0 Å². The molecule has 6 heteroatoms. The van der Waals surface area contributed by atoms with Gasteiger partial charge in [-0.1, -0.05) is 30.3 Å². The Morgan fingerprint density at radius 1 is 1.10 bits per heavy atom. The molecule has 0 aromatic heterocycles. The van der Waals surface area contributed by atoms with Crippen molar-refractivity contribution in [2.24, 2.45) is 0 Å². The average Bonchev–Trinajstić information content (AvgIpc) is 2.77. The summed E-state index contributed by atoms with van der Waals surface area (Å²) in [4.78, 5) is 0.674. The number of rotatable bonds is 3. The SMILES string of the molecule is O=[S@@](N[C@H]1CCS(=O)(=O)C1)c1ccc2ccccc2c1. The van der Waals surface area contributed by atoms with Crippen molar-refractivity contribution >= 4 is 31.6 Å². The molecule has 3 rings (SSSR count). The summed E-state index contributed by atoms with van der Waals surface area (Å²) >= 11 is 0. The lowest BCUT2D eigenvalue weighted by Crippen LogP contribution is -2.31. The number of sulfone groups is 1.